The highest BCUT2D eigenvalue weighted by Crippen LogP contribution is 2.17. The van der Waals surface area contributed by atoms with Gasteiger partial charge in [0.15, 0.2) is 11.6 Å². The molecule has 5 heteroatoms. The number of nitrogens with zero attached hydrogens (tertiary/aromatic N) is 2. The molecule has 0 saturated heterocycles. The predicted octanol–water partition coefficient (Wildman–Crippen LogP) is 2.11. The molecule has 0 fully saturated rings. The van der Waals surface area contributed by atoms with Crippen LogP contribution in [0.25, 0.3) is 0 Å². The maximum Gasteiger partial charge on any atom is 0.165 e. The Balaban J connectivity index is 2.85. The van der Waals surface area contributed by atoms with Crippen LogP contribution >= 0.6 is 12.2 Å². The van der Waals surface area contributed by atoms with Crippen LogP contribution in [-0.4, -0.2) is 22.6 Å². The second-order valence-electron chi connectivity index (χ2n) is 3.81. The molecular formula is C11H16FN3S. The van der Waals surface area contributed by atoms with Crippen LogP contribution in [0.3, 0.4) is 0 Å². The van der Waals surface area contributed by atoms with Gasteiger partial charge in [0.1, 0.15) is 0 Å². The molecule has 0 radical (unpaired) electrons. The highest BCUT2D eigenvalue weighted by Gasteiger charge is 2.15. The zero-order valence-corrected chi connectivity index (χ0v) is 10.3. The van der Waals surface area contributed by atoms with E-state index in [1.165, 1.54) is 6.07 Å². The number of hydrogen-bond acceptors (Lipinski definition) is 3. The second kappa shape index (κ2) is 5.75. The fraction of sp³-hybridized carbons (Fsp3) is 0.455. The molecule has 16 heavy (non-hydrogen) atoms. The molecule has 0 aromatic carbocycles. The van der Waals surface area contributed by atoms with Crippen molar-refractivity contribution in [1.29, 1.82) is 0 Å². The number of hydrogen-bond donors (Lipinski definition) is 1. The minimum absolute atomic E-state index is 0.152. The summed E-state index contributed by atoms with van der Waals surface area (Å²) in [4.78, 5) is 6.33. The summed E-state index contributed by atoms with van der Waals surface area (Å²) in [6.45, 7) is 4.54. The lowest BCUT2D eigenvalue weighted by Gasteiger charge is -2.27. The topological polar surface area (TPSA) is 42.1 Å². The number of anilines is 1. The lowest BCUT2D eigenvalue weighted by molar-refractivity contribution is 0.591. The monoisotopic (exact) mass is 241 g/mol. The van der Waals surface area contributed by atoms with E-state index in [4.69, 9.17) is 18.0 Å². The van der Waals surface area contributed by atoms with E-state index < -0.39 is 0 Å². The number of pyridine rings is 1. The van der Waals surface area contributed by atoms with Crippen LogP contribution in [0.15, 0.2) is 18.3 Å². The molecule has 2 N–H and O–H groups in total. The average molecular weight is 241 g/mol. The van der Waals surface area contributed by atoms with Crippen LogP contribution < -0.4 is 10.6 Å². The van der Waals surface area contributed by atoms with E-state index in [0.29, 0.717) is 23.8 Å². The maximum atomic E-state index is 13.6. The maximum absolute atomic E-state index is 13.6. The van der Waals surface area contributed by atoms with Crippen LogP contribution in [0.4, 0.5) is 10.2 Å². The summed E-state index contributed by atoms with van der Waals surface area (Å²) in [5.41, 5.74) is 5.45. The smallest absolute Gasteiger partial charge is 0.165 e. The van der Waals surface area contributed by atoms with E-state index in [0.717, 1.165) is 0 Å². The first-order chi connectivity index (χ1) is 7.52. The van der Waals surface area contributed by atoms with Crippen molar-refractivity contribution in [2.24, 2.45) is 5.73 Å². The Morgan fingerprint density at radius 2 is 2.31 bits per heavy atom. The van der Waals surface area contributed by atoms with Gasteiger partial charge >= 0.3 is 0 Å². The van der Waals surface area contributed by atoms with Crippen molar-refractivity contribution in [1.82, 2.24) is 4.98 Å². The third kappa shape index (κ3) is 3.41. The molecule has 1 heterocycles. The Bertz CT molecular complexity index is 368. The molecule has 0 aliphatic carbocycles. The van der Waals surface area contributed by atoms with Crippen molar-refractivity contribution >= 4 is 23.0 Å². The molecule has 1 aromatic heterocycles. The highest BCUT2D eigenvalue weighted by molar-refractivity contribution is 7.80. The van der Waals surface area contributed by atoms with Gasteiger partial charge in [-0.2, -0.15) is 0 Å². The van der Waals surface area contributed by atoms with Gasteiger partial charge in [-0.25, -0.2) is 9.37 Å². The number of rotatable bonds is 5. The normalized spacial score (nSPS) is 10.5. The summed E-state index contributed by atoms with van der Waals surface area (Å²) < 4.78 is 13.6. The predicted molar refractivity (Wildman–Crippen MR) is 68.1 cm³/mol. The molecule has 0 aliphatic rings. The standard InChI is InChI=1S/C11H16FN3S/c1-8(2)15(7-5-10(13)16)11-9(12)4-3-6-14-11/h3-4,6,8H,5,7H2,1-2H3,(H2,13,16). The van der Waals surface area contributed by atoms with Gasteiger partial charge in [0.2, 0.25) is 0 Å². The van der Waals surface area contributed by atoms with Gasteiger partial charge < -0.3 is 10.6 Å². The van der Waals surface area contributed by atoms with E-state index >= 15 is 0 Å². The molecule has 0 spiro atoms. The fourth-order valence-electron chi connectivity index (χ4n) is 1.43. The Hall–Kier alpha value is -1.23. The van der Waals surface area contributed by atoms with Crippen molar-refractivity contribution < 1.29 is 4.39 Å². The van der Waals surface area contributed by atoms with E-state index in [2.05, 4.69) is 4.98 Å². The van der Waals surface area contributed by atoms with Crippen LogP contribution in [-0.2, 0) is 0 Å². The van der Waals surface area contributed by atoms with Gasteiger partial charge in [0, 0.05) is 25.2 Å². The molecule has 0 atom stereocenters. The molecule has 1 rings (SSSR count). The summed E-state index contributed by atoms with van der Waals surface area (Å²) in [5.74, 6) is 0.0351. The zero-order valence-electron chi connectivity index (χ0n) is 9.48. The molecule has 0 unspecified atom stereocenters. The van der Waals surface area contributed by atoms with E-state index in [9.17, 15) is 4.39 Å². The SMILES string of the molecule is CC(C)N(CCC(N)=S)c1ncccc1F. The van der Waals surface area contributed by atoms with Gasteiger partial charge in [0.25, 0.3) is 0 Å². The Labute approximate surface area is 100 Å². The molecular weight excluding hydrogens is 225 g/mol. The second-order valence-corrected chi connectivity index (χ2v) is 4.34. The summed E-state index contributed by atoms with van der Waals surface area (Å²) in [6, 6.07) is 3.13. The first kappa shape index (κ1) is 12.8. The summed E-state index contributed by atoms with van der Waals surface area (Å²) >= 11 is 4.82. The van der Waals surface area contributed by atoms with Crippen LogP contribution in [0.2, 0.25) is 0 Å². The van der Waals surface area contributed by atoms with E-state index in [-0.39, 0.29) is 11.9 Å². The minimum Gasteiger partial charge on any atom is -0.393 e. The van der Waals surface area contributed by atoms with Crippen molar-refractivity contribution in [3.63, 3.8) is 0 Å². The van der Waals surface area contributed by atoms with Gasteiger partial charge in [-0.3, -0.25) is 0 Å². The van der Waals surface area contributed by atoms with Crippen molar-refractivity contribution in [2.45, 2.75) is 26.3 Å². The molecule has 0 bridgehead atoms. The van der Waals surface area contributed by atoms with Crippen molar-refractivity contribution in [3.05, 3.63) is 24.1 Å². The lowest BCUT2D eigenvalue weighted by atomic mass is 10.2. The van der Waals surface area contributed by atoms with Gasteiger partial charge in [-0.1, -0.05) is 12.2 Å². The van der Waals surface area contributed by atoms with Gasteiger partial charge in [-0.05, 0) is 26.0 Å². The molecule has 0 aliphatic heterocycles. The van der Waals surface area contributed by atoms with E-state index in [1.54, 1.807) is 12.3 Å². The number of aromatic nitrogens is 1. The first-order valence-electron chi connectivity index (χ1n) is 5.18. The van der Waals surface area contributed by atoms with Gasteiger partial charge in [-0.15, -0.1) is 0 Å². The minimum atomic E-state index is -0.320. The number of halogens is 1. The fourth-order valence-corrected chi connectivity index (χ4v) is 1.52. The van der Waals surface area contributed by atoms with Crippen LogP contribution in [0, 0.1) is 5.82 Å². The molecule has 0 saturated carbocycles. The lowest BCUT2D eigenvalue weighted by Crippen LogP contribution is -2.35. The third-order valence-corrected chi connectivity index (χ3v) is 2.44. The molecule has 1 aromatic rings. The summed E-state index contributed by atoms with van der Waals surface area (Å²) in [7, 11) is 0. The zero-order chi connectivity index (χ0) is 12.1. The molecule has 0 amide bonds. The summed E-state index contributed by atoms with van der Waals surface area (Å²) in [6.07, 6.45) is 2.14. The number of nitrogens with two attached hydrogens (primary N) is 1. The average Bonchev–Trinajstić information content (AvgIpc) is 2.20. The van der Waals surface area contributed by atoms with Crippen molar-refractivity contribution in [3.8, 4) is 0 Å². The molecule has 88 valence electrons. The van der Waals surface area contributed by atoms with Crippen LogP contribution in [0.5, 0.6) is 0 Å². The van der Waals surface area contributed by atoms with Gasteiger partial charge in [0.05, 0.1) is 4.99 Å². The Morgan fingerprint density at radius 1 is 1.62 bits per heavy atom. The van der Waals surface area contributed by atoms with E-state index in [1.807, 2.05) is 18.7 Å². The quantitative estimate of drug-likeness (QED) is 0.802. The van der Waals surface area contributed by atoms with Crippen LogP contribution in [0.1, 0.15) is 20.3 Å². The molecule has 3 nitrogen and oxygen atoms in total. The Kier molecular flexibility index (Phi) is 4.61. The third-order valence-electron chi connectivity index (χ3n) is 2.23. The van der Waals surface area contributed by atoms with Crippen molar-refractivity contribution in [2.75, 3.05) is 11.4 Å². The number of thiocarbonyl (C=S) groups is 1. The highest BCUT2D eigenvalue weighted by atomic mass is 32.1. The Morgan fingerprint density at radius 3 is 2.81 bits per heavy atom. The first-order valence-corrected chi connectivity index (χ1v) is 5.58. The largest absolute Gasteiger partial charge is 0.393 e. The summed E-state index contributed by atoms with van der Waals surface area (Å²) in [5, 5.41) is 0.